The number of alkyl halides is 2. The van der Waals surface area contributed by atoms with E-state index in [1.165, 1.54) is 23.2 Å². The van der Waals surface area contributed by atoms with E-state index >= 15 is 0 Å². The van der Waals surface area contributed by atoms with E-state index in [0.717, 1.165) is 0 Å². The van der Waals surface area contributed by atoms with Gasteiger partial charge in [0.1, 0.15) is 21.4 Å². The number of rotatable bonds is 11. The van der Waals surface area contributed by atoms with E-state index in [4.69, 9.17) is 16.3 Å². The third-order valence-corrected chi connectivity index (χ3v) is 8.43. The zero-order valence-electron chi connectivity index (χ0n) is 21.4. The van der Waals surface area contributed by atoms with Crippen molar-refractivity contribution in [3.05, 3.63) is 23.0 Å². The van der Waals surface area contributed by atoms with Crippen LogP contribution in [0, 0.1) is 11.8 Å². The first-order chi connectivity index (χ1) is 17.4. The van der Waals surface area contributed by atoms with Gasteiger partial charge >= 0.3 is 6.61 Å². The molecule has 2 heterocycles. The lowest BCUT2D eigenvalue weighted by Gasteiger charge is -2.27. The summed E-state index contributed by atoms with van der Waals surface area (Å²) in [5, 5.41) is 9.90. The summed E-state index contributed by atoms with van der Waals surface area (Å²) in [7, 11) is -3.07. The third kappa shape index (κ3) is 7.53. The normalized spacial score (nSPS) is 18.3. The molecule has 1 aliphatic carbocycles. The molecule has 1 aliphatic rings. The zero-order valence-corrected chi connectivity index (χ0v) is 23.0. The maximum Gasteiger partial charge on any atom is 0.387 e. The van der Waals surface area contributed by atoms with Crippen molar-refractivity contribution in [2.75, 3.05) is 24.7 Å². The number of nitrogens with zero attached hydrogens (tertiary/aromatic N) is 3. The number of aromatic nitrogens is 3. The van der Waals surface area contributed by atoms with Gasteiger partial charge in [-0.1, -0.05) is 25.4 Å². The molecule has 1 fully saturated rings. The number of aryl methyl sites for hydroxylation is 1. The Morgan fingerprint density at radius 1 is 1.27 bits per heavy atom. The monoisotopic (exact) mass is 561 g/mol. The molecule has 0 aromatic carbocycles. The average Bonchev–Trinajstić information content (AvgIpc) is 3.16. The van der Waals surface area contributed by atoms with E-state index in [1.807, 2.05) is 13.8 Å². The molecule has 0 spiro atoms. The largest absolute Gasteiger partial charge is 0.434 e. The van der Waals surface area contributed by atoms with Crippen molar-refractivity contribution in [1.82, 2.24) is 20.1 Å². The van der Waals surface area contributed by atoms with Gasteiger partial charge in [-0.2, -0.15) is 13.9 Å². The van der Waals surface area contributed by atoms with Crippen molar-refractivity contribution in [2.45, 2.75) is 64.9 Å². The van der Waals surface area contributed by atoms with Crippen LogP contribution < -0.4 is 15.4 Å². The van der Waals surface area contributed by atoms with Crippen LogP contribution in [0.5, 0.6) is 5.75 Å². The number of hydrogen-bond acceptors (Lipinski definition) is 7. The molecule has 0 bridgehead atoms. The summed E-state index contributed by atoms with van der Waals surface area (Å²) < 4.78 is 56.2. The van der Waals surface area contributed by atoms with Gasteiger partial charge in [-0.05, 0) is 44.4 Å². The molecule has 1 saturated carbocycles. The van der Waals surface area contributed by atoms with Gasteiger partial charge in [-0.3, -0.25) is 9.48 Å². The van der Waals surface area contributed by atoms with Crippen molar-refractivity contribution in [3.8, 4) is 17.0 Å². The van der Waals surface area contributed by atoms with Gasteiger partial charge in [0, 0.05) is 38.2 Å². The number of sulfone groups is 1. The van der Waals surface area contributed by atoms with Crippen LogP contribution in [0.15, 0.2) is 12.3 Å². The number of halogens is 3. The van der Waals surface area contributed by atoms with Gasteiger partial charge in [0.05, 0.1) is 21.5 Å². The predicted molar refractivity (Wildman–Crippen MR) is 139 cm³/mol. The first-order valence-electron chi connectivity index (χ1n) is 12.3. The van der Waals surface area contributed by atoms with Gasteiger partial charge in [-0.25, -0.2) is 13.4 Å². The molecule has 9 nitrogen and oxygen atoms in total. The van der Waals surface area contributed by atoms with E-state index in [2.05, 4.69) is 20.7 Å². The number of carbonyl (C=O) groups excluding carboxylic acids is 1. The minimum absolute atomic E-state index is 0.00365. The maximum atomic E-state index is 13.2. The number of ether oxygens (including phenoxy) is 1. The Hall–Kier alpha value is -2.47. The molecule has 206 valence electrons. The fourth-order valence-corrected chi connectivity index (χ4v) is 5.82. The molecule has 0 unspecified atom stereocenters. The molecule has 2 aromatic heterocycles. The van der Waals surface area contributed by atoms with Crippen LogP contribution in [0.1, 0.15) is 56.9 Å². The SMILES string of the molecule is CCn1nc(C(=O)NCC2CCC(S(C)(=O)=O)CC2)c(Cl)c1-c1cnc(NCC(C)C)cc1OC(F)F. The summed E-state index contributed by atoms with van der Waals surface area (Å²) in [5.74, 6) is 0.197. The van der Waals surface area contributed by atoms with Gasteiger partial charge in [0.2, 0.25) is 0 Å². The topological polar surface area (TPSA) is 115 Å². The van der Waals surface area contributed by atoms with Crippen LogP contribution >= 0.6 is 11.6 Å². The van der Waals surface area contributed by atoms with Crippen molar-refractivity contribution in [3.63, 3.8) is 0 Å². The van der Waals surface area contributed by atoms with E-state index < -0.39 is 22.4 Å². The van der Waals surface area contributed by atoms with Crippen LogP contribution in [0.25, 0.3) is 11.3 Å². The summed E-state index contributed by atoms with van der Waals surface area (Å²) in [4.78, 5) is 17.3. The van der Waals surface area contributed by atoms with E-state index in [0.29, 0.717) is 57.1 Å². The summed E-state index contributed by atoms with van der Waals surface area (Å²) in [5.41, 5.74) is 0.405. The lowest BCUT2D eigenvalue weighted by molar-refractivity contribution is -0.0494. The molecule has 0 atom stereocenters. The van der Waals surface area contributed by atoms with Crippen molar-refractivity contribution >= 4 is 33.2 Å². The van der Waals surface area contributed by atoms with Crippen molar-refractivity contribution < 1.29 is 26.7 Å². The minimum Gasteiger partial charge on any atom is -0.434 e. The summed E-state index contributed by atoms with van der Waals surface area (Å²) in [6.45, 7) is 3.99. The molecule has 0 aliphatic heterocycles. The Morgan fingerprint density at radius 3 is 2.51 bits per heavy atom. The highest BCUT2D eigenvalue weighted by Crippen LogP contribution is 2.38. The average molecular weight is 562 g/mol. The first-order valence-corrected chi connectivity index (χ1v) is 14.7. The highest BCUT2D eigenvalue weighted by atomic mass is 35.5. The lowest BCUT2D eigenvalue weighted by Crippen LogP contribution is -2.34. The lowest BCUT2D eigenvalue weighted by atomic mass is 9.89. The molecular formula is C24H34ClF2N5O4S. The van der Waals surface area contributed by atoms with Crippen LogP contribution in [0.2, 0.25) is 5.02 Å². The summed E-state index contributed by atoms with van der Waals surface area (Å²) in [6, 6.07) is 1.37. The number of hydrogen-bond donors (Lipinski definition) is 2. The predicted octanol–water partition coefficient (Wildman–Crippen LogP) is 4.62. The number of anilines is 1. The van der Waals surface area contributed by atoms with Crippen LogP contribution in [-0.4, -0.2) is 60.3 Å². The Bertz CT molecular complexity index is 1200. The number of amides is 1. The standard InChI is InChI=1S/C24H34ClF2N5O4S/c1-5-32-22(17-13-29-19(28-11-14(2)3)10-18(17)36-24(26)27)20(25)21(31-32)23(33)30-12-15-6-8-16(9-7-15)37(4,34)35/h10,13-16,24H,5-9,11-12H2,1-4H3,(H,28,29)(H,30,33). The minimum atomic E-state index is -3.07. The summed E-state index contributed by atoms with van der Waals surface area (Å²) in [6.07, 6.45) is 5.15. The second-order valence-corrected chi connectivity index (χ2v) is 12.4. The Labute approximate surface area is 221 Å². The van der Waals surface area contributed by atoms with Gasteiger partial charge < -0.3 is 15.4 Å². The molecule has 3 rings (SSSR count). The van der Waals surface area contributed by atoms with Gasteiger partial charge in [0.15, 0.2) is 5.69 Å². The van der Waals surface area contributed by atoms with E-state index in [9.17, 15) is 22.0 Å². The summed E-state index contributed by atoms with van der Waals surface area (Å²) >= 11 is 6.58. The smallest absolute Gasteiger partial charge is 0.387 e. The maximum absolute atomic E-state index is 13.2. The number of pyridine rings is 1. The van der Waals surface area contributed by atoms with Crippen LogP contribution in [-0.2, 0) is 16.4 Å². The number of nitrogens with one attached hydrogen (secondary N) is 2. The fourth-order valence-electron chi connectivity index (χ4n) is 4.37. The van der Waals surface area contributed by atoms with Crippen LogP contribution in [0.4, 0.5) is 14.6 Å². The Kier molecular flexibility index (Phi) is 9.74. The van der Waals surface area contributed by atoms with Gasteiger partial charge in [-0.15, -0.1) is 0 Å². The fraction of sp³-hybridized carbons (Fsp3) is 0.625. The van der Waals surface area contributed by atoms with Crippen molar-refractivity contribution in [1.29, 1.82) is 0 Å². The van der Waals surface area contributed by atoms with Crippen molar-refractivity contribution in [2.24, 2.45) is 11.8 Å². The van der Waals surface area contributed by atoms with Gasteiger partial charge in [0.25, 0.3) is 5.91 Å². The number of carbonyl (C=O) groups is 1. The molecule has 13 heteroatoms. The molecule has 1 amide bonds. The molecule has 37 heavy (non-hydrogen) atoms. The van der Waals surface area contributed by atoms with Crippen LogP contribution in [0.3, 0.4) is 0 Å². The first kappa shape index (κ1) is 29.1. The second kappa shape index (κ2) is 12.4. The molecule has 2 N–H and O–H groups in total. The Morgan fingerprint density at radius 2 is 1.95 bits per heavy atom. The molecular weight excluding hydrogens is 528 g/mol. The second-order valence-electron chi connectivity index (χ2n) is 9.73. The quantitative estimate of drug-likeness (QED) is 0.411. The molecule has 0 saturated heterocycles. The highest BCUT2D eigenvalue weighted by Gasteiger charge is 2.29. The van der Waals surface area contributed by atoms with E-state index in [1.54, 1.807) is 6.92 Å². The highest BCUT2D eigenvalue weighted by molar-refractivity contribution is 7.91. The molecule has 0 radical (unpaired) electrons. The Balaban J connectivity index is 1.80. The molecule has 2 aromatic rings. The van der Waals surface area contributed by atoms with E-state index in [-0.39, 0.29) is 38.9 Å². The third-order valence-electron chi connectivity index (χ3n) is 6.39. The zero-order chi connectivity index (χ0) is 27.3.